The lowest BCUT2D eigenvalue weighted by Gasteiger charge is -1.82. The van der Waals surface area contributed by atoms with Crippen LogP contribution in [0.5, 0.6) is 0 Å². The van der Waals surface area contributed by atoms with Crippen LogP contribution in [0, 0.1) is 36.0 Å². The van der Waals surface area contributed by atoms with Gasteiger partial charge in [0, 0.05) is 6.42 Å². The first-order valence-corrected chi connectivity index (χ1v) is 3.84. The molecule has 0 unspecified atom stereocenters. The van der Waals surface area contributed by atoms with Crippen LogP contribution in [-0.4, -0.2) is 11.1 Å². The molecule has 1 N–H and O–H groups in total. The molecular weight excluding hydrogens is 164 g/mol. The third-order valence-corrected chi connectivity index (χ3v) is 1.08. The predicted octanol–water partition coefficient (Wildman–Crippen LogP) is 1.27. The van der Waals surface area contributed by atoms with E-state index in [0.29, 0.717) is 19.3 Å². The zero-order valence-corrected chi connectivity index (χ0v) is 7.26. The Kier molecular flexibility index (Phi) is 7.07. The summed E-state index contributed by atoms with van der Waals surface area (Å²) in [6.45, 7) is 0. The van der Waals surface area contributed by atoms with E-state index in [2.05, 4.69) is 29.6 Å². The lowest BCUT2D eigenvalue weighted by Crippen LogP contribution is -1.91. The maximum atomic E-state index is 10.1. The molecular formula is C11H10O2. The number of hydrogen-bond acceptors (Lipinski definition) is 1. The number of carboxylic acids is 1. The van der Waals surface area contributed by atoms with E-state index in [0.717, 1.165) is 0 Å². The Balaban J connectivity index is 3.48. The molecule has 0 spiro atoms. The van der Waals surface area contributed by atoms with Gasteiger partial charge >= 0.3 is 5.97 Å². The molecule has 0 aromatic rings. The molecule has 0 heterocycles. The van der Waals surface area contributed by atoms with Crippen molar-refractivity contribution in [2.75, 3.05) is 0 Å². The van der Waals surface area contributed by atoms with Gasteiger partial charge in [-0.2, -0.15) is 0 Å². The molecule has 2 heteroatoms. The zero-order chi connectivity index (χ0) is 9.94. The van der Waals surface area contributed by atoms with Gasteiger partial charge in [0.15, 0.2) is 0 Å². The normalized spacial score (nSPS) is 7.00. The summed E-state index contributed by atoms with van der Waals surface area (Å²) in [5.74, 6) is 12.5. The number of carbonyl (C=O) groups is 1. The van der Waals surface area contributed by atoms with Gasteiger partial charge in [-0.25, -0.2) is 0 Å². The van der Waals surface area contributed by atoms with Gasteiger partial charge in [-0.05, 0) is 0 Å². The van der Waals surface area contributed by atoms with E-state index >= 15 is 0 Å². The second-order valence-corrected chi connectivity index (χ2v) is 2.16. The highest BCUT2D eigenvalue weighted by Crippen LogP contribution is 1.85. The highest BCUT2D eigenvalue weighted by atomic mass is 16.4. The highest BCUT2D eigenvalue weighted by Gasteiger charge is 1.90. The molecule has 0 aliphatic rings. The molecule has 0 aliphatic heterocycles. The molecule has 66 valence electrons. The molecule has 0 rings (SSSR count). The Hall–Kier alpha value is -1.85. The number of rotatable bonds is 2. The molecule has 0 aliphatic carbocycles. The smallest absolute Gasteiger partial charge is 0.304 e. The van der Waals surface area contributed by atoms with Crippen LogP contribution in [0.25, 0.3) is 0 Å². The second kappa shape index (κ2) is 8.25. The molecule has 0 bridgehead atoms. The average Bonchev–Trinajstić information content (AvgIpc) is 2.09. The van der Waals surface area contributed by atoms with Crippen LogP contribution in [0.4, 0.5) is 0 Å². The predicted molar refractivity (Wildman–Crippen MR) is 50.5 cm³/mol. The van der Waals surface area contributed by atoms with Crippen molar-refractivity contribution in [3.8, 4) is 36.0 Å². The van der Waals surface area contributed by atoms with Crippen molar-refractivity contribution in [3.63, 3.8) is 0 Å². The number of carboxylic acid groups (broad SMARTS) is 1. The maximum absolute atomic E-state index is 10.1. The largest absolute Gasteiger partial charge is 0.481 e. The van der Waals surface area contributed by atoms with Crippen LogP contribution >= 0.6 is 0 Å². The third-order valence-electron chi connectivity index (χ3n) is 1.08. The first kappa shape index (κ1) is 11.2. The van der Waals surface area contributed by atoms with Crippen LogP contribution < -0.4 is 0 Å². The van der Waals surface area contributed by atoms with Crippen molar-refractivity contribution in [2.24, 2.45) is 0 Å². The van der Waals surface area contributed by atoms with Crippen molar-refractivity contribution in [1.82, 2.24) is 0 Å². The summed E-state index contributed by atoms with van der Waals surface area (Å²) in [6.07, 6.45) is 6.34. The highest BCUT2D eigenvalue weighted by molar-refractivity contribution is 5.66. The fourth-order valence-corrected chi connectivity index (χ4v) is 0.541. The van der Waals surface area contributed by atoms with Gasteiger partial charge in [-0.15, -0.1) is 12.3 Å². The van der Waals surface area contributed by atoms with Crippen LogP contribution in [0.3, 0.4) is 0 Å². The van der Waals surface area contributed by atoms with Gasteiger partial charge in [0.2, 0.25) is 0 Å². The molecule has 0 fully saturated rings. The van der Waals surface area contributed by atoms with Gasteiger partial charge < -0.3 is 5.11 Å². The third kappa shape index (κ3) is 10.2. The summed E-state index contributed by atoms with van der Waals surface area (Å²) in [5, 5.41) is 8.27. The number of hydrogen-bond donors (Lipinski definition) is 1. The zero-order valence-electron chi connectivity index (χ0n) is 7.26. The number of aliphatic carboxylic acids is 1. The lowest BCUT2D eigenvalue weighted by atomic mass is 10.3. The molecule has 0 saturated carbocycles. The molecule has 0 aromatic carbocycles. The van der Waals surface area contributed by atoms with Crippen molar-refractivity contribution >= 4 is 5.97 Å². The SMILES string of the molecule is C#CCC#CCC#CCCC(=O)O. The summed E-state index contributed by atoms with van der Waals surface area (Å²) >= 11 is 0. The van der Waals surface area contributed by atoms with E-state index in [1.165, 1.54) is 0 Å². The monoisotopic (exact) mass is 174 g/mol. The van der Waals surface area contributed by atoms with Crippen molar-refractivity contribution in [2.45, 2.75) is 25.7 Å². The second-order valence-electron chi connectivity index (χ2n) is 2.16. The van der Waals surface area contributed by atoms with Crippen molar-refractivity contribution < 1.29 is 9.90 Å². The maximum Gasteiger partial charge on any atom is 0.304 e. The standard InChI is InChI=1S/C11H10O2/c1-2-3-4-5-6-7-8-9-10-11(12)13/h1H,3,6,9-10H2,(H,12,13). The van der Waals surface area contributed by atoms with Gasteiger partial charge in [0.25, 0.3) is 0 Å². The molecule has 2 nitrogen and oxygen atoms in total. The Morgan fingerprint density at radius 2 is 1.77 bits per heavy atom. The Morgan fingerprint density at radius 1 is 1.15 bits per heavy atom. The van der Waals surface area contributed by atoms with E-state index in [1.807, 2.05) is 0 Å². The fourth-order valence-electron chi connectivity index (χ4n) is 0.541. The summed E-state index contributed by atoms with van der Waals surface area (Å²) in [4.78, 5) is 10.1. The number of terminal acetylenes is 1. The summed E-state index contributed by atoms with van der Waals surface area (Å²) in [7, 11) is 0. The average molecular weight is 174 g/mol. The summed E-state index contributed by atoms with van der Waals surface area (Å²) < 4.78 is 0. The quantitative estimate of drug-likeness (QED) is 0.640. The minimum atomic E-state index is -0.826. The minimum absolute atomic E-state index is 0.0881. The van der Waals surface area contributed by atoms with Gasteiger partial charge in [-0.3, -0.25) is 4.79 Å². The van der Waals surface area contributed by atoms with Crippen LogP contribution in [-0.2, 0) is 4.79 Å². The van der Waals surface area contributed by atoms with E-state index in [4.69, 9.17) is 11.5 Å². The van der Waals surface area contributed by atoms with Gasteiger partial charge in [0.1, 0.15) is 0 Å². The molecule has 0 radical (unpaired) electrons. The van der Waals surface area contributed by atoms with E-state index in [-0.39, 0.29) is 6.42 Å². The van der Waals surface area contributed by atoms with Crippen LogP contribution in [0.15, 0.2) is 0 Å². The first-order valence-electron chi connectivity index (χ1n) is 3.84. The molecule has 0 aromatic heterocycles. The van der Waals surface area contributed by atoms with Crippen LogP contribution in [0.2, 0.25) is 0 Å². The summed E-state index contributed by atoms with van der Waals surface area (Å²) in [6, 6.07) is 0. The topological polar surface area (TPSA) is 37.3 Å². The summed E-state index contributed by atoms with van der Waals surface area (Å²) in [5.41, 5.74) is 0. The molecule has 0 amide bonds. The Bertz CT molecular complexity index is 312. The van der Waals surface area contributed by atoms with Gasteiger partial charge in [0.05, 0.1) is 19.3 Å². The minimum Gasteiger partial charge on any atom is -0.481 e. The van der Waals surface area contributed by atoms with Crippen molar-refractivity contribution in [3.05, 3.63) is 0 Å². The lowest BCUT2D eigenvalue weighted by molar-refractivity contribution is -0.136. The van der Waals surface area contributed by atoms with E-state index < -0.39 is 5.97 Å². The fraction of sp³-hybridized carbons (Fsp3) is 0.364. The van der Waals surface area contributed by atoms with Crippen LogP contribution in [0.1, 0.15) is 25.7 Å². The first-order chi connectivity index (χ1) is 6.27. The van der Waals surface area contributed by atoms with Gasteiger partial charge in [-0.1, -0.05) is 23.7 Å². The molecule has 13 heavy (non-hydrogen) atoms. The molecule has 0 saturated heterocycles. The Labute approximate surface area is 78.3 Å². The van der Waals surface area contributed by atoms with E-state index in [1.54, 1.807) is 0 Å². The van der Waals surface area contributed by atoms with E-state index in [9.17, 15) is 4.79 Å². The van der Waals surface area contributed by atoms with Crippen molar-refractivity contribution in [1.29, 1.82) is 0 Å². The molecule has 0 atom stereocenters. The Morgan fingerprint density at radius 3 is 2.38 bits per heavy atom.